The van der Waals surface area contributed by atoms with E-state index in [9.17, 15) is 18.4 Å². The summed E-state index contributed by atoms with van der Waals surface area (Å²) in [7, 11) is 0. The predicted octanol–water partition coefficient (Wildman–Crippen LogP) is 2.30. The molecule has 0 aliphatic rings. The van der Waals surface area contributed by atoms with Crippen LogP contribution in [0.3, 0.4) is 0 Å². The van der Waals surface area contributed by atoms with Gasteiger partial charge in [-0.1, -0.05) is 0 Å². The van der Waals surface area contributed by atoms with Crippen LogP contribution in [-0.4, -0.2) is 33.1 Å². The fourth-order valence-electron chi connectivity index (χ4n) is 2.34. The second-order valence-electron chi connectivity index (χ2n) is 5.50. The number of hydrogen-bond acceptors (Lipinski definition) is 4. The number of aromatic nitrogens is 3. The number of anilines is 1. The van der Waals surface area contributed by atoms with Crippen molar-refractivity contribution in [1.29, 1.82) is 0 Å². The van der Waals surface area contributed by atoms with Gasteiger partial charge in [-0.15, -0.1) is 0 Å². The van der Waals surface area contributed by atoms with E-state index in [4.69, 9.17) is 0 Å². The Kier molecular flexibility index (Phi) is 5.50. The normalized spacial score (nSPS) is 10.4. The van der Waals surface area contributed by atoms with E-state index < -0.39 is 17.5 Å². The van der Waals surface area contributed by atoms with Gasteiger partial charge in [0.15, 0.2) is 5.82 Å². The van der Waals surface area contributed by atoms with Crippen LogP contribution in [0.5, 0.6) is 0 Å². The molecule has 2 N–H and O–H groups in total. The summed E-state index contributed by atoms with van der Waals surface area (Å²) >= 11 is 0. The lowest BCUT2D eigenvalue weighted by Gasteiger charge is -2.10. The second-order valence-corrected chi connectivity index (χ2v) is 5.50. The maximum Gasteiger partial charge on any atom is 0.254 e. The molecule has 9 heteroatoms. The molecule has 3 rings (SSSR count). The molecular weight excluding hydrogens is 356 g/mol. The van der Waals surface area contributed by atoms with Crippen LogP contribution < -0.4 is 10.6 Å². The van der Waals surface area contributed by atoms with Crippen LogP contribution in [0.2, 0.25) is 0 Å². The number of benzene rings is 1. The number of halogens is 2. The Balaban J connectivity index is 1.56. The van der Waals surface area contributed by atoms with Crippen molar-refractivity contribution >= 4 is 17.5 Å². The van der Waals surface area contributed by atoms with Crippen LogP contribution in [0.4, 0.5) is 14.5 Å². The molecule has 7 nitrogen and oxygen atoms in total. The molecule has 2 amide bonds. The van der Waals surface area contributed by atoms with Crippen molar-refractivity contribution < 1.29 is 18.4 Å². The molecule has 27 heavy (non-hydrogen) atoms. The molecule has 0 aliphatic carbocycles. The van der Waals surface area contributed by atoms with Crippen molar-refractivity contribution in [3.63, 3.8) is 0 Å². The lowest BCUT2D eigenvalue weighted by molar-refractivity contribution is -0.116. The molecule has 0 bridgehead atoms. The predicted molar refractivity (Wildman–Crippen MR) is 93.3 cm³/mol. The average Bonchev–Trinajstić information content (AvgIpc) is 3.16. The van der Waals surface area contributed by atoms with Gasteiger partial charge < -0.3 is 10.6 Å². The van der Waals surface area contributed by atoms with Gasteiger partial charge in [0, 0.05) is 37.6 Å². The molecule has 0 radical (unpaired) electrons. The summed E-state index contributed by atoms with van der Waals surface area (Å²) in [6.07, 6.45) is 4.81. The van der Waals surface area contributed by atoms with Gasteiger partial charge >= 0.3 is 0 Å². The molecule has 0 aliphatic heterocycles. The Bertz CT molecular complexity index is 960. The first-order valence-corrected chi connectivity index (χ1v) is 8.03. The number of nitrogens with one attached hydrogen (secondary N) is 2. The standard InChI is InChI=1S/C18H15F2N5O2/c19-12-4-5-13(14(20)11-12)18(27)22-9-6-16(26)24-15-3-1-7-21-17(15)25-10-2-8-23-25/h1-5,7-8,10-11H,6,9H2,(H,22,27)(H,24,26). The van der Waals surface area contributed by atoms with Gasteiger partial charge in [0.05, 0.1) is 11.3 Å². The highest BCUT2D eigenvalue weighted by molar-refractivity contribution is 5.95. The van der Waals surface area contributed by atoms with Crippen molar-refractivity contribution in [2.45, 2.75) is 6.42 Å². The fourth-order valence-corrected chi connectivity index (χ4v) is 2.34. The van der Waals surface area contributed by atoms with Crippen LogP contribution in [0.15, 0.2) is 55.0 Å². The molecule has 138 valence electrons. The first-order valence-electron chi connectivity index (χ1n) is 8.03. The molecule has 0 fully saturated rings. The highest BCUT2D eigenvalue weighted by Gasteiger charge is 2.13. The van der Waals surface area contributed by atoms with E-state index in [0.29, 0.717) is 17.6 Å². The zero-order valence-electron chi connectivity index (χ0n) is 14.0. The molecular formula is C18H15F2N5O2. The summed E-state index contributed by atoms with van der Waals surface area (Å²) in [5.74, 6) is -2.37. The third-order valence-corrected chi connectivity index (χ3v) is 3.60. The lowest BCUT2D eigenvalue weighted by atomic mass is 10.2. The van der Waals surface area contributed by atoms with E-state index in [-0.39, 0.29) is 24.4 Å². The molecule has 1 aromatic carbocycles. The van der Waals surface area contributed by atoms with E-state index in [1.807, 2.05) is 0 Å². The van der Waals surface area contributed by atoms with Crippen molar-refractivity contribution in [1.82, 2.24) is 20.1 Å². The van der Waals surface area contributed by atoms with Gasteiger partial charge in [-0.25, -0.2) is 18.4 Å². The van der Waals surface area contributed by atoms with Crippen molar-refractivity contribution in [3.05, 3.63) is 72.2 Å². The van der Waals surface area contributed by atoms with Crippen molar-refractivity contribution in [3.8, 4) is 5.82 Å². The zero-order chi connectivity index (χ0) is 19.2. The van der Waals surface area contributed by atoms with Crippen LogP contribution in [-0.2, 0) is 4.79 Å². The minimum absolute atomic E-state index is 0.0150. The van der Waals surface area contributed by atoms with Gasteiger partial charge in [-0.3, -0.25) is 9.59 Å². The summed E-state index contributed by atoms with van der Waals surface area (Å²) in [6, 6.07) is 7.73. The smallest absolute Gasteiger partial charge is 0.254 e. The Morgan fingerprint density at radius 2 is 1.96 bits per heavy atom. The maximum atomic E-state index is 13.6. The topological polar surface area (TPSA) is 88.9 Å². The van der Waals surface area contributed by atoms with E-state index in [0.717, 1.165) is 12.1 Å². The minimum atomic E-state index is -0.962. The Hall–Kier alpha value is -3.62. The third kappa shape index (κ3) is 4.51. The Labute approximate surface area is 153 Å². The summed E-state index contributed by atoms with van der Waals surface area (Å²) in [5.41, 5.74) is 0.173. The summed E-state index contributed by atoms with van der Waals surface area (Å²) in [4.78, 5) is 28.2. The quantitative estimate of drug-likeness (QED) is 0.696. The van der Waals surface area contributed by atoms with Crippen molar-refractivity contribution in [2.24, 2.45) is 0 Å². The summed E-state index contributed by atoms with van der Waals surface area (Å²) < 4.78 is 27.9. The highest BCUT2D eigenvalue weighted by atomic mass is 19.1. The van der Waals surface area contributed by atoms with Crippen LogP contribution >= 0.6 is 0 Å². The third-order valence-electron chi connectivity index (χ3n) is 3.60. The van der Waals surface area contributed by atoms with Gasteiger partial charge in [-0.2, -0.15) is 5.10 Å². The zero-order valence-corrected chi connectivity index (χ0v) is 14.0. The summed E-state index contributed by atoms with van der Waals surface area (Å²) in [5, 5.41) is 9.19. The molecule has 0 saturated carbocycles. The van der Waals surface area contributed by atoms with Crippen LogP contribution in [0, 0.1) is 11.6 Å². The second kappa shape index (κ2) is 8.17. The molecule has 0 atom stereocenters. The first kappa shape index (κ1) is 18.2. The monoisotopic (exact) mass is 371 g/mol. The van der Waals surface area contributed by atoms with Gasteiger partial charge in [-0.05, 0) is 30.3 Å². The van der Waals surface area contributed by atoms with Crippen LogP contribution in [0.25, 0.3) is 5.82 Å². The lowest BCUT2D eigenvalue weighted by Crippen LogP contribution is -2.28. The average molecular weight is 371 g/mol. The maximum absolute atomic E-state index is 13.6. The molecule has 2 heterocycles. The van der Waals surface area contributed by atoms with Gasteiger partial charge in [0.1, 0.15) is 11.6 Å². The minimum Gasteiger partial charge on any atom is -0.351 e. The number of pyridine rings is 1. The molecule has 2 aromatic heterocycles. The van der Waals surface area contributed by atoms with Crippen molar-refractivity contribution in [2.75, 3.05) is 11.9 Å². The largest absolute Gasteiger partial charge is 0.351 e. The summed E-state index contributed by atoms with van der Waals surface area (Å²) in [6.45, 7) is -0.0150. The SMILES string of the molecule is O=C(CCNC(=O)c1ccc(F)cc1F)Nc1cccnc1-n1cccn1. The number of carbonyl (C=O) groups excluding carboxylic acids is 2. The van der Waals surface area contributed by atoms with Gasteiger partial charge in [0.2, 0.25) is 5.91 Å². The Morgan fingerprint density at radius 1 is 1.11 bits per heavy atom. The van der Waals surface area contributed by atoms with Crippen LogP contribution in [0.1, 0.15) is 16.8 Å². The Morgan fingerprint density at radius 3 is 2.70 bits per heavy atom. The number of nitrogens with zero attached hydrogens (tertiary/aromatic N) is 3. The highest BCUT2D eigenvalue weighted by Crippen LogP contribution is 2.16. The number of amides is 2. The van der Waals surface area contributed by atoms with E-state index in [2.05, 4.69) is 20.7 Å². The van der Waals surface area contributed by atoms with E-state index in [1.54, 1.807) is 36.8 Å². The fraction of sp³-hybridized carbons (Fsp3) is 0.111. The number of rotatable bonds is 6. The number of hydrogen-bond donors (Lipinski definition) is 2. The van der Waals surface area contributed by atoms with E-state index in [1.165, 1.54) is 4.68 Å². The van der Waals surface area contributed by atoms with E-state index >= 15 is 0 Å². The molecule has 3 aromatic rings. The number of carbonyl (C=O) groups is 2. The molecule has 0 unspecified atom stereocenters. The molecule has 0 saturated heterocycles. The molecule has 0 spiro atoms. The first-order chi connectivity index (χ1) is 13.0. The van der Waals surface area contributed by atoms with Gasteiger partial charge in [0.25, 0.3) is 5.91 Å².